The molecule has 84 valence electrons. The topological polar surface area (TPSA) is 18.5 Å². The van der Waals surface area contributed by atoms with E-state index in [0.717, 1.165) is 0 Å². The van der Waals surface area contributed by atoms with E-state index in [9.17, 15) is 26.3 Å². The number of halogens is 6. The highest BCUT2D eigenvalue weighted by atomic mass is 19.4. The molecule has 0 atom stereocenters. The summed E-state index contributed by atoms with van der Waals surface area (Å²) in [6, 6.07) is 0. The smallest absolute Gasteiger partial charge is 0.335 e. The zero-order valence-electron chi connectivity index (χ0n) is 6.71. The van der Waals surface area contributed by atoms with Crippen LogP contribution in [0.15, 0.2) is 0 Å². The third kappa shape index (κ3) is 1.68. The van der Waals surface area contributed by atoms with Crippen LogP contribution in [0.2, 0.25) is 0 Å². The molecule has 0 N–H and O–H groups in total. The molecule has 1 rings (SSSR count). The van der Waals surface area contributed by atoms with E-state index in [4.69, 9.17) is 0 Å². The Kier molecular flexibility index (Phi) is 2.70. The number of rotatable bonds is 0. The molecule has 0 bridgehead atoms. The molecule has 0 aromatic carbocycles. The summed E-state index contributed by atoms with van der Waals surface area (Å²) in [5.74, 6) is -4.45. The van der Waals surface area contributed by atoms with Gasteiger partial charge in [0.05, 0.1) is 13.2 Å². The molecule has 0 amide bonds. The third-order valence-corrected chi connectivity index (χ3v) is 1.65. The molecule has 0 unspecified atom stereocenters. The SMILES string of the molecule is FC(F)(F)C1(C(F)(F)F)OCCCO1. The maximum absolute atomic E-state index is 12.1. The molecule has 0 aromatic heterocycles. The van der Waals surface area contributed by atoms with E-state index in [-0.39, 0.29) is 6.42 Å². The fourth-order valence-electron chi connectivity index (χ4n) is 1.02. The summed E-state index contributed by atoms with van der Waals surface area (Å²) in [4.78, 5) is 0. The normalized spacial score (nSPS) is 23.6. The Morgan fingerprint density at radius 1 is 0.786 bits per heavy atom. The predicted molar refractivity (Wildman–Crippen MR) is 31.4 cm³/mol. The first-order chi connectivity index (χ1) is 6.21. The fourth-order valence-corrected chi connectivity index (χ4v) is 1.02. The number of hydrogen-bond acceptors (Lipinski definition) is 2. The van der Waals surface area contributed by atoms with Crippen molar-refractivity contribution < 1.29 is 35.8 Å². The summed E-state index contributed by atoms with van der Waals surface area (Å²) in [6.45, 7) is -1.25. The molecule has 0 spiro atoms. The van der Waals surface area contributed by atoms with Crippen LogP contribution in [0.5, 0.6) is 0 Å². The van der Waals surface area contributed by atoms with E-state index in [1.54, 1.807) is 0 Å². The lowest BCUT2D eigenvalue weighted by Crippen LogP contribution is -2.62. The van der Waals surface area contributed by atoms with Gasteiger partial charge in [0.15, 0.2) is 0 Å². The molecule has 14 heavy (non-hydrogen) atoms. The molecular weight excluding hydrogens is 218 g/mol. The minimum absolute atomic E-state index is 0.00785. The zero-order chi connectivity index (χ0) is 11.0. The van der Waals surface area contributed by atoms with Gasteiger partial charge in [-0.1, -0.05) is 0 Å². The van der Waals surface area contributed by atoms with E-state index in [2.05, 4.69) is 9.47 Å². The van der Waals surface area contributed by atoms with Crippen molar-refractivity contribution in [2.24, 2.45) is 0 Å². The molecule has 1 saturated heterocycles. The third-order valence-electron chi connectivity index (χ3n) is 1.65. The maximum atomic E-state index is 12.1. The van der Waals surface area contributed by atoms with Crippen LogP contribution in [0.3, 0.4) is 0 Å². The van der Waals surface area contributed by atoms with Gasteiger partial charge in [0.1, 0.15) is 0 Å². The molecule has 0 aliphatic carbocycles. The van der Waals surface area contributed by atoms with E-state index in [1.165, 1.54) is 0 Å². The van der Waals surface area contributed by atoms with Crippen molar-refractivity contribution in [3.8, 4) is 0 Å². The monoisotopic (exact) mass is 224 g/mol. The van der Waals surface area contributed by atoms with Gasteiger partial charge in [0.25, 0.3) is 0 Å². The summed E-state index contributed by atoms with van der Waals surface area (Å²) < 4.78 is 80.2. The zero-order valence-corrected chi connectivity index (χ0v) is 6.71. The van der Waals surface area contributed by atoms with E-state index >= 15 is 0 Å². The van der Waals surface area contributed by atoms with Crippen molar-refractivity contribution >= 4 is 0 Å². The second-order valence-corrected chi connectivity index (χ2v) is 2.66. The van der Waals surface area contributed by atoms with E-state index < -0.39 is 31.4 Å². The van der Waals surface area contributed by atoms with Gasteiger partial charge in [-0.3, -0.25) is 0 Å². The van der Waals surface area contributed by atoms with Crippen molar-refractivity contribution in [3.05, 3.63) is 0 Å². The summed E-state index contributed by atoms with van der Waals surface area (Å²) in [6.07, 6.45) is -11.2. The Balaban J connectivity index is 3.01. The second-order valence-electron chi connectivity index (χ2n) is 2.66. The Morgan fingerprint density at radius 3 is 1.36 bits per heavy atom. The van der Waals surface area contributed by atoms with Gasteiger partial charge >= 0.3 is 18.1 Å². The second kappa shape index (κ2) is 3.27. The van der Waals surface area contributed by atoms with Gasteiger partial charge in [0.2, 0.25) is 0 Å². The van der Waals surface area contributed by atoms with Crippen LogP contribution in [-0.2, 0) is 9.47 Å². The van der Waals surface area contributed by atoms with Gasteiger partial charge < -0.3 is 9.47 Å². The van der Waals surface area contributed by atoms with E-state index in [0.29, 0.717) is 0 Å². The minimum atomic E-state index is -5.62. The lowest BCUT2D eigenvalue weighted by molar-refractivity contribution is -0.479. The van der Waals surface area contributed by atoms with Crippen molar-refractivity contribution in [2.75, 3.05) is 13.2 Å². The average Bonchev–Trinajstić information content (AvgIpc) is 2.02. The summed E-state index contributed by atoms with van der Waals surface area (Å²) in [7, 11) is 0. The van der Waals surface area contributed by atoms with Crippen LogP contribution in [0, 0.1) is 0 Å². The van der Waals surface area contributed by atoms with Gasteiger partial charge in [-0.05, 0) is 6.42 Å². The summed E-state index contributed by atoms with van der Waals surface area (Å²) in [5.41, 5.74) is 0. The van der Waals surface area contributed by atoms with Crippen molar-refractivity contribution in [3.63, 3.8) is 0 Å². The average molecular weight is 224 g/mol. The number of alkyl halides is 6. The molecule has 1 heterocycles. The highest BCUT2D eigenvalue weighted by Gasteiger charge is 2.75. The molecule has 8 heteroatoms. The standard InChI is InChI=1S/C6H6F6O2/c7-5(8,9)4(6(10,11)12)13-2-1-3-14-4/h1-3H2. The Hall–Kier alpha value is -0.500. The highest BCUT2D eigenvalue weighted by molar-refractivity contribution is 4.88. The molecular formula is C6H6F6O2. The molecule has 1 fully saturated rings. The lowest BCUT2D eigenvalue weighted by Gasteiger charge is -2.38. The molecule has 0 saturated carbocycles. The summed E-state index contributed by atoms with van der Waals surface area (Å²) >= 11 is 0. The van der Waals surface area contributed by atoms with Crippen LogP contribution < -0.4 is 0 Å². The largest absolute Gasteiger partial charge is 0.453 e. The first kappa shape index (κ1) is 11.6. The van der Waals surface area contributed by atoms with Crippen molar-refractivity contribution in [2.45, 2.75) is 24.6 Å². The highest BCUT2D eigenvalue weighted by Crippen LogP contribution is 2.47. The van der Waals surface area contributed by atoms with Crippen LogP contribution >= 0.6 is 0 Å². The molecule has 2 nitrogen and oxygen atoms in total. The number of ether oxygens (including phenoxy) is 2. The van der Waals surface area contributed by atoms with Gasteiger partial charge in [-0.15, -0.1) is 0 Å². The summed E-state index contributed by atoms with van der Waals surface area (Å²) in [5, 5.41) is 0. The Bertz CT molecular complexity index is 185. The Labute approximate surface area is 74.8 Å². The lowest BCUT2D eigenvalue weighted by atomic mass is 10.2. The van der Waals surface area contributed by atoms with Gasteiger partial charge in [-0.25, -0.2) is 0 Å². The van der Waals surface area contributed by atoms with Crippen molar-refractivity contribution in [1.82, 2.24) is 0 Å². The molecule has 1 aliphatic heterocycles. The number of hydrogen-bond donors (Lipinski definition) is 0. The van der Waals surface area contributed by atoms with Crippen LogP contribution in [0.25, 0.3) is 0 Å². The molecule has 1 aliphatic rings. The molecule has 0 radical (unpaired) electrons. The van der Waals surface area contributed by atoms with Gasteiger partial charge in [-0.2, -0.15) is 26.3 Å². The first-order valence-electron chi connectivity index (χ1n) is 3.62. The van der Waals surface area contributed by atoms with Crippen LogP contribution in [0.1, 0.15) is 6.42 Å². The van der Waals surface area contributed by atoms with E-state index in [1.807, 2.05) is 0 Å². The fraction of sp³-hybridized carbons (Fsp3) is 1.00. The quantitative estimate of drug-likeness (QED) is 0.587. The maximum Gasteiger partial charge on any atom is 0.453 e. The van der Waals surface area contributed by atoms with Gasteiger partial charge in [0, 0.05) is 0 Å². The van der Waals surface area contributed by atoms with Crippen molar-refractivity contribution in [1.29, 1.82) is 0 Å². The molecule has 0 aromatic rings. The van der Waals surface area contributed by atoms with Crippen LogP contribution in [0.4, 0.5) is 26.3 Å². The Morgan fingerprint density at radius 2 is 1.14 bits per heavy atom. The predicted octanol–water partition coefficient (Wildman–Crippen LogP) is 2.24. The first-order valence-corrected chi connectivity index (χ1v) is 3.62. The minimum Gasteiger partial charge on any atom is -0.335 e. The van der Waals surface area contributed by atoms with Crippen LogP contribution in [-0.4, -0.2) is 31.4 Å².